The van der Waals surface area contributed by atoms with Crippen molar-refractivity contribution in [1.82, 2.24) is 5.06 Å². The zero-order valence-electron chi connectivity index (χ0n) is 10.0. The van der Waals surface area contributed by atoms with Gasteiger partial charge in [-0.2, -0.15) is 0 Å². The Morgan fingerprint density at radius 1 is 1.16 bits per heavy atom. The van der Waals surface area contributed by atoms with E-state index in [9.17, 15) is 20.1 Å². The van der Waals surface area contributed by atoms with Gasteiger partial charge in [0.2, 0.25) is 0 Å². The summed E-state index contributed by atoms with van der Waals surface area (Å²) < 4.78 is 0. The molecule has 3 atom stereocenters. The number of hydrogen-bond acceptors (Lipinski definition) is 6. The maximum atomic E-state index is 10.4. The van der Waals surface area contributed by atoms with Crippen LogP contribution in [-0.2, 0) is 4.84 Å². The number of aliphatic hydroxyl groups is 2. The summed E-state index contributed by atoms with van der Waals surface area (Å²) in [6.45, 7) is -0.0379. The molecule has 0 saturated carbocycles. The van der Waals surface area contributed by atoms with Gasteiger partial charge in [-0.3, -0.25) is 0 Å². The molecule has 0 aliphatic carbocycles. The van der Waals surface area contributed by atoms with Gasteiger partial charge in [0.15, 0.2) is 0 Å². The lowest BCUT2D eigenvalue weighted by Crippen LogP contribution is -2.51. The van der Waals surface area contributed by atoms with Crippen molar-refractivity contribution in [2.45, 2.75) is 18.1 Å². The van der Waals surface area contributed by atoms with E-state index in [1.54, 1.807) is 12.1 Å². The number of benzene rings is 1. The normalized spacial score (nSPS) is 28.0. The molecule has 0 amide bonds. The van der Waals surface area contributed by atoms with E-state index in [1.165, 1.54) is 12.1 Å². The van der Waals surface area contributed by atoms with E-state index in [0.29, 0.717) is 5.56 Å². The van der Waals surface area contributed by atoms with Crippen LogP contribution in [0.15, 0.2) is 24.3 Å². The zero-order valence-corrected chi connectivity index (χ0v) is 10.0. The van der Waals surface area contributed by atoms with Crippen molar-refractivity contribution in [3.8, 4) is 5.75 Å². The first-order valence-corrected chi connectivity index (χ1v) is 5.78. The van der Waals surface area contributed by atoms with Crippen LogP contribution >= 0.6 is 0 Å². The molecule has 7 nitrogen and oxygen atoms in total. The standard InChI is InChI=1S/C12H15NO6/c14-8-3-1-7(2-4-8)11-9(15)5-13(6-10(11)16)19-12(17)18/h1-4,9-11,14-16H,5-6H2,(H,17,18)/t9-,10+,11-. The van der Waals surface area contributed by atoms with E-state index in [1.807, 2.05) is 0 Å². The number of β-amino-alcohol motifs (C(OH)–C–C–N with tert-alkyl or cyclic N) is 2. The first kappa shape index (κ1) is 13.6. The number of rotatable bonds is 2. The molecule has 1 aromatic carbocycles. The van der Waals surface area contributed by atoms with Crippen LogP contribution in [0.5, 0.6) is 5.75 Å². The highest BCUT2D eigenvalue weighted by molar-refractivity contribution is 5.56. The van der Waals surface area contributed by atoms with Crippen molar-refractivity contribution in [1.29, 1.82) is 0 Å². The summed E-state index contributed by atoms with van der Waals surface area (Å²) in [5.74, 6) is -0.450. The summed E-state index contributed by atoms with van der Waals surface area (Å²) in [5, 5.41) is 38.7. The molecule has 1 aromatic rings. The summed E-state index contributed by atoms with van der Waals surface area (Å²) in [4.78, 5) is 14.8. The summed E-state index contributed by atoms with van der Waals surface area (Å²) in [7, 11) is 0. The van der Waals surface area contributed by atoms with Gasteiger partial charge in [0.05, 0.1) is 25.3 Å². The number of aliphatic hydroxyl groups excluding tert-OH is 2. The van der Waals surface area contributed by atoms with Crippen molar-refractivity contribution in [3.05, 3.63) is 29.8 Å². The predicted octanol–water partition coefficient (Wildman–Crippen LogP) is 0.123. The fraction of sp³-hybridized carbons (Fsp3) is 0.417. The minimum atomic E-state index is -1.48. The number of carboxylic acid groups (broad SMARTS) is 1. The van der Waals surface area contributed by atoms with Crippen molar-refractivity contribution in [2.75, 3.05) is 13.1 Å². The molecule has 2 rings (SSSR count). The lowest BCUT2D eigenvalue weighted by Gasteiger charge is -2.37. The highest BCUT2D eigenvalue weighted by atomic mass is 16.8. The van der Waals surface area contributed by atoms with Crippen LogP contribution in [0, 0.1) is 0 Å². The number of nitrogens with zero attached hydrogens (tertiary/aromatic N) is 1. The van der Waals surface area contributed by atoms with Crippen molar-refractivity contribution in [3.63, 3.8) is 0 Å². The number of carbonyl (C=O) groups is 1. The second-order valence-corrected chi connectivity index (χ2v) is 4.46. The minimum Gasteiger partial charge on any atom is -0.508 e. The third-order valence-electron chi connectivity index (χ3n) is 3.10. The summed E-state index contributed by atoms with van der Waals surface area (Å²) in [5.41, 5.74) is 0.674. The van der Waals surface area contributed by atoms with Gasteiger partial charge in [0.1, 0.15) is 5.75 Å². The molecule has 7 heteroatoms. The Balaban J connectivity index is 2.11. The minimum absolute atomic E-state index is 0.0189. The number of phenolic OH excluding ortho intramolecular Hbond substituents is 1. The van der Waals surface area contributed by atoms with E-state index in [4.69, 9.17) is 5.11 Å². The molecule has 1 saturated heterocycles. The van der Waals surface area contributed by atoms with Gasteiger partial charge >= 0.3 is 6.16 Å². The second kappa shape index (κ2) is 5.43. The molecule has 0 unspecified atom stereocenters. The Morgan fingerprint density at radius 3 is 2.16 bits per heavy atom. The van der Waals surface area contributed by atoms with Crippen molar-refractivity contribution >= 4 is 6.16 Å². The molecule has 1 aliphatic heterocycles. The number of hydroxylamine groups is 2. The van der Waals surface area contributed by atoms with E-state index in [2.05, 4.69) is 4.84 Å². The van der Waals surface area contributed by atoms with Crippen LogP contribution < -0.4 is 0 Å². The fourth-order valence-electron chi connectivity index (χ4n) is 2.30. The van der Waals surface area contributed by atoms with Gasteiger partial charge in [-0.1, -0.05) is 12.1 Å². The van der Waals surface area contributed by atoms with E-state index < -0.39 is 24.3 Å². The highest BCUT2D eigenvalue weighted by Crippen LogP contribution is 2.30. The van der Waals surface area contributed by atoms with Crippen LogP contribution in [0.1, 0.15) is 11.5 Å². The maximum Gasteiger partial charge on any atom is 0.525 e. The van der Waals surface area contributed by atoms with Gasteiger partial charge in [-0.25, -0.2) is 4.79 Å². The average molecular weight is 269 g/mol. The number of aromatic hydroxyl groups is 1. The van der Waals surface area contributed by atoms with Gasteiger partial charge in [0, 0.05) is 5.92 Å². The van der Waals surface area contributed by atoms with Crippen molar-refractivity contribution < 1.29 is 30.1 Å². The third-order valence-corrected chi connectivity index (χ3v) is 3.10. The van der Waals surface area contributed by atoms with Crippen LogP contribution in [0.4, 0.5) is 4.79 Å². The highest BCUT2D eigenvalue weighted by Gasteiger charge is 2.37. The monoisotopic (exact) mass is 269 g/mol. The third kappa shape index (κ3) is 3.14. The Kier molecular flexibility index (Phi) is 3.89. The van der Waals surface area contributed by atoms with Crippen molar-refractivity contribution in [2.24, 2.45) is 0 Å². The largest absolute Gasteiger partial charge is 0.525 e. The summed E-state index contributed by atoms with van der Waals surface area (Å²) in [6.07, 6.45) is -3.41. The van der Waals surface area contributed by atoms with Crippen LogP contribution in [0.2, 0.25) is 0 Å². The van der Waals surface area contributed by atoms with Crippen LogP contribution in [0.3, 0.4) is 0 Å². The molecule has 0 spiro atoms. The Bertz CT molecular complexity index is 436. The maximum absolute atomic E-state index is 10.4. The predicted molar refractivity (Wildman–Crippen MR) is 63.5 cm³/mol. The van der Waals surface area contributed by atoms with Crippen LogP contribution in [-0.4, -0.2) is 56.9 Å². The van der Waals surface area contributed by atoms with Crippen LogP contribution in [0.25, 0.3) is 0 Å². The fourth-order valence-corrected chi connectivity index (χ4v) is 2.30. The van der Waals surface area contributed by atoms with Gasteiger partial charge < -0.3 is 25.3 Å². The molecule has 0 bridgehead atoms. The first-order valence-electron chi connectivity index (χ1n) is 5.78. The Labute approximate surface area is 109 Å². The molecular formula is C12H15NO6. The average Bonchev–Trinajstić information content (AvgIpc) is 2.29. The van der Waals surface area contributed by atoms with Gasteiger partial charge in [-0.05, 0) is 17.7 Å². The first-order chi connectivity index (χ1) is 8.97. The molecular weight excluding hydrogens is 254 g/mol. The molecule has 1 aliphatic rings. The van der Waals surface area contributed by atoms with Gasteiger partial charge in [0.25, 0.3) is 0 Å². The molecule has 19 heavy (non-hydrogen) atoms. The number of hydrogen-bond donors (Lipinski definition) is 4. The quantitative estimate of drug-likeness (QED) is 0.603. The van der Waals surface area contributed by atoms with E-state index >= 15 is 0 Å². The molecule has 0 aromatic heterocycles. The Hall–Kier alpha value is -1.83. The summed E-state index contributed by atoms with van der Waals surface area (Å²) >= 11 is 0. The smallest absolute Gasteiger partial charge is 0.508 e. The Morgan fingerprint density at radius 2 is 1.68 bits per heavy atom. The number of phenols is 1. The SMILES string of the molecule is O=C(O)ON1C[C@@H](O)[C@@H](c2ccc(O)cc2)[C@@H](O)C1. The second-order valence-electron chi connectivity index (χ2n) is 4.46. The molecule has 1 fully saturated rings. The lowest BCUT2D eigenvalue weighted by atomic mass is 9.85. The van der Waals surface area contributed by atoms with E-state index in [0.717, 1.165) is 5.06 Å². The topological polar surface area (TPSA) is 110 Å². The summed E-state index contributed by atoms with van der Waals surface area (Å²) in [6, 6.07) is 6.16. The molecule has 1 heterocycles. The lowest BCUT2D eigenvalue weighted by molar-refractivity contribution is -0.180. The van der Waals surface area contributed by atoms with E-state index in [-0.39, 0.29) is 18.8 Å². The molecule has 104 valence electrons. The number of piperidine rings is 1. The van der Waals surface area contributed by atoms with Gasteiger partial charge in [-0.15, -0.1) is 5.06 Å². The molecule has 0 radical (unpaired) electrons. The molecule has 4 N–H and O–H groups in total. The zero-order chi connectivity index (χ0) is 14.0.